The molecule has 2 heterocycles. The lowest BCUT2D eigenvalue weighted by Crippen LogP contribution is -2.39. The summed E-state index contributed by atoms with van der Waals surface area (Å²) in [4.78, 5) is 2.29. The van der Waals surface area contributed by atoms with E-state index in [9.17, 15) is 0 Å². The number of piperidine rings is 1. The van der Waals surface area contributed by atoms with E-state index in [0.717, 1.165) is 13.1 Å². The molecule has 1 saturated heterocycles. The lowest BCUT2D eigenvalue weighted by molar-refractivity contribution is 0.252. The van der Waals surface area contributed by atoms with Crippen molar-refractivity contribution in [2.24, 2.45) is 5.41 Å². The Morgan fingerprint density at radius 2 is 1.60 bits per heavy atom. The summed E-state index contributed by atoms with van der Waals surface area (Å²) in [6.45, 7) is 9.00. The second kappa shape index (κ2) is 3.67. The van der Waals surface area contributed by atoms with Crippen LogP contribution < -0.4 is 5.32 Å². The highest BCUT2D eigenvalue weighted by atomic mass is 15.2. The maximum Gasteiger partial charge on any atom is 0.0355 e. The van der Waals surface area contributed by atoms with Gasteiger partial charge in [-0.1, -0.05) is 12.2 Å². The summed E-state index contributed by atoms with van der Waals surface area (Å²) in [6.07, 6.45) is 11.8. The lowest BCUT2D eigenvalue weighted by Gasteiger charge is -2.40. The van der Waals surface area contributed by atoms with Crippen molar-refractivity contribution in [3.63, 3.8) is 0 Å². The van der Waals surface area contributed by atoms with Gasteiger partial charge in [-0.3, -0.25) is 0 Å². The van der Waals surface area contributed by atoms with E-state index in [1.165, 1.54) is 12.8 Å². The van der Waals surface area contributed by atoms with Crippen LogP contribution in [-0.2, 0) is 0 Å². The molecule has 0 aromatic carbocycles. The number of nitrogens with zero attached hydrogens (tertiary/aromatic N) is 1. The van der Waals surface area contributed by atoms with E-state index >= 15 is 0 Å². The zero-order valence-corrected chi connectivity index (χ0v) is 10.1. The first-order valence-electron chi connectivity index (χ1n) is 5.90. The molecule has 2 rings (SSSR count). The third-order valence-electron chi connectivity index (χ3n) is 3.44. The molecule has 0 amide bonds. The standard InChI is InChI=1S/C13H22N2/c1-12(2,3)15-10-6-13(7-11-15)4-8-14-9-5-13/h6-7,10-11,14H,4-5,8-9H2,1-3H3. The molecule has 2 heteroatoms. The molecular weight excluding hydrogens is 184 g/mol. The number of rotatable bonds is 0. The number of hydrogen-bond donors (Lipinski definition) is 1. The smallest absolute Gasteiger partial charge is 0.0355 e. The summed E-state index contributed by atoms with van der Waals surface area (Å²) in [6, 6.07) is 0. The average molecular weight is 206 g/mol. The first-order valence-corrected chi connectivity index (χ1v) is 5.90. The molecule has 0 aromatic rings. The zero-order valence-electron chi connectivity index (χ0n) is 10.1. The summed E-state index contributed by atoms with van der Waals surface area (Å²) >= 11 is 0. The second-order valence-corrected chi connectivity index (χ2v) is 5.69. The fourth-order valence-corrected chi connectivity index (χ4v) is 2.24. The monoisotopic (exact) mass is 206 g/mol. The van der Waals surface area contributed by atoms with Crippen LogP contribution in [-0.4, -0.2) is 23.5 Å². The maximum absolute atomic E-state index is 3.42. The van der Waals surface area contributed by atoms with E-state index in [-0.39, 0.29) is 5.54 Å². The van der Waals surface area contributed by atoms with Crippen molar-refractivity contribution in [2.75, 3.05) is 13.1 Å². The molecule has 2 nitrogen and oxygen atoms in total. The maximum atomic E-state index is 3.42. The van der Waals surface area contributed by atoms with E-state index in [0.29, 0.717) is 5.41 Å². The van der Waals surface area contributed by atoms with E-state index in [1.54, 1.807) is 0 Å². The quantitative estimate of drug-likeness (QED) is 0.655. The fraction of sp³-hybridized carbons (Fsp3) is 0.692. The van der Waals surface area contributed by atoms with Gasteiger partial charge in [-0.15, -0.1) is 0 Å². The molecule has 1 N–H and O–H groups in total. The summed E-state index contributed by atoms with van der Waals surface area (Å²) in [5.41, 5.74) is 0.536. The first-order chi connectivity index (χ1) is 7.02. The van der Waals surface area contributed by atoms with Gasteiger partial charge in [0.2, 0.25) is 0 Å². The topological polar surface area (TPSA) is 15.3 Å². The van der Waals surface area contributed by atoms with Gasteiger partial charge in [0.15, 0.2) is 0 Å². The number of hydrogen-bond acceptors (Lipinski definition) is 2. The molecule has 0 saturated carbocycles. The summed E-state index contributed by atoms with van der Waals surface area (Å²) in [7, 11) is 0. The molecule has 2 aliphatic heterocycles. The van der Waals surface area contributed by atoms with Crippen LogP contribution in [0, 0.1) is 5.41 Å². The molecular formula is C13H22N2. The molecule has 0 unspecified atom stereocenters. The molecule has 84 valence electrons. The molecule has 0 aromatic heterocycles. The van der Waals surface area contributed by atoms with Crippen molar-refractivity contribution in [3.8, 4) is 0 Å². The normalized spacial score (nSPS) is 24.9. The Bertz CT molecular complexity index is 261. The van der Waals surface area contributed by atoms with Gasteiger partial charge in [0.25, 0.3) is 0 Å². The van der Waals surface area contributed by atoms with Gasteiger partial charge in [-0.2, -0.15) is 0 Å². The van der Waals surface area contributed by atoms with Crippen LogP contribution in [0.3, 0.4) is 0 Å². The van der Waals surface area contributed by atoms with Gasteiger partial charge in [0.05, 0.1) is 0 Å². The van der Waals surface area contributed by atoms with Gasteiger partial charge in [0, 0.05) is 23.4 Å². The van der Waals surface area contributed by atoms with E-state index in [2.05, 4.69) is 55.5 Å². The number of nitrogens with one attached hydrogen (secondary N) is 1. The van der Waals surface area contributed by atoms with Crippen molar-refractivity contribution in [1.82, 2.24) is 10.2 Å². The minimum atomic E-state index is 0.196. The minimum Gasteiger partial charge on any atom is -0.350 e. The lowest BCUT2D eigenvalue weighted by atomic mass is 9.78. The van der Waals surface area contributed by atoms with Gasteiger partial charge >= 0.3 is 0 Å². The minimum absolute atomic E-state index is 0.196. The van der Waals surface area contributed by atoms with E-state index < -0.39 is 0 Å². The van der Waals surface area contributed by atoms with Crippen LogP contribution in [0.2, 0.25) is 0 Å². The van der Waals surface area contributed by atoms with Gasteiger partial charge in [0.1, 0.15) is 0 Å². The van der Waals surface area contributed by atoms with Crippen molar-refractivity contribution in [1.29, 1.82) is 0 Å². The summed E-state index contributed by atoms with van der Waals surface area (Å²) < 4.78 is 0. The Kier molecular flexibility index (Phi) is 2.63. The van der Waals surface area contributed by atoms with Crippen molar-refractivity contribution >= 4 is 0 Å². The highest BCUT2D eigenvalue weighted by Crippen LogP contribution is 2.35. The van der Waals surface area contributed by atoms with Crippen LogP contribution in [0.5, 0.6) is 0 Å². The molecule has 0 aliphatic carbocycles. The van der Waals surface area contributed by atoms with Crippen LogP contribution in [0.4, 0.5) is 0 Å². The third kappa shape index (κ3) is 2.25. The second-order valence-electron chi connectivity index (χ2n) is 5.69. The average Bonchev–Trinajstić information content (AvgIpc) is 2.18. The first kappa shape index (κ1) is 10.7. The zero-order chi connectivity index (χ0) is 10.9. The predicted octanol–water partition coefficient (Wildman–Crippen LogP) is 2.50. The Balaban J connectivity index is 2.08. The van der Waals surface area contributed by atoms with Crippen LogP contribution >= 0.6 is 0 Å². The highest BCUT2D eigenvalue weighted by Gasteiger charge is 2.30. The SMILES string of the molecule is CC(C)(C)N1C=CC2(C=C1)CCNCC2. The van der Waals surface area contributed by atoms with E-state index in [1.807, 2.05) is 0 Å². The largest absolute Gasteiger partial charge is 0.350 e. The van der Waals surface area contributed by atoms with Crippen molar-refractivity contribution < 1.29 is 0 Å². The Morgan fingerprint density at radius 3 is 2.07 bits per heavy atom. The van der Waals surface area contributed by atoms with Crippen molar-refractivity contribution in [3.05, 3.63) is 24.6 Å². The molecule has 1 spiro atoms. The molecule has 0 radical (unpaired) electrons. The van der Waals surface area contributed by atoms with Crippen LogP contribution in [0.15, 0.2) is 24.6 Å². The molecule has 1 fully saturated rings. The van der Waals surface area contributed by atoms with Crippen LogP contribution in [0.25, 0.3) is 0 Å². The fourth-order valence-electron chi connectivity index (χ4n) is 2.24. The predicted molar refractivity (Wildman–Crippen MR) is 64.4 cm³/mol. The van der Waals surface area contributed by atoms with Gasteiger partial charge in [-0.05, 0) is 46.7 Å². The highest BCUT2D eigenvalue weighted by molar-refractivity contribution is 5.19. The van der Waals surface area contributed by atoms with E-state index in [4.69, 9.17) is 0 Å². The van der Waals surface area contributed by atoms with Crippen LogP contribution in [0.1, 0.15) is 33.6 Å². The molecule has 0 atom stereocenters. The Morgan fingerprint density at radius 1 is 1.07 bits per heavy atom. The Labute approximate surface area is 93.0 Å². The third-order valence-corrected chi connectivity index (χ3v) is 3.44. The summed E-state index contributed by atoms with van der Waals surface area (Å²) in [5, 5.41) is 3.42. The van der Waals surface area contributed by atoms with Gasteiger partial charge in [-0.25, -0.2) is 0 Å². The van der Waals surface area contributed by atoms with Crippen molar-refractivity contribution in [2.45, 2.75) is 39.2 Å². The van der Waals surface area contributed by atoms with Gasteiger partial charge < -0.3 is 10.2 Å². The molecule has 15 heavy (non-hydrogen) atoms. The Hall–Kier alpha value is -0.760. The molecule has 0 bridgehead atoms. The molecule has 2 aliphatic rings. The summed E-state index contributed by atoms with van der Waals surface area (Å²) in [5.74, 6) is 0. The number of allylic oxidation sites excluding steroid dienone is 2.